The second kappa shape index (κ2) is 5.00. The standard InChI is InChI=1S/C17H17NO2/c1-11-14(5-2-6-15(11)18)17(19)13-7-8-16-12(10-13)4-3-9-20-16/h2,5-8,10H,3-4,9,18H2,1H3. The minimum absolute atomic E-state index is 0.0168. The summed E-state index contributed by atoms with van der Waals surface area (Å²) in [5.74, 6) is 0.917. The van der Waals surface area contributed by atoms with Gasteiger partial charge in [0.25, 0.3) is 0 Å². The average molecular weight is 267 g/mol. The first-order valence-electron chi connectivity index (χ1n) is 6.82. The van der Waals surface area contributed by atoms with Gasteiger partial charge < -0.3 is 10.5 Å². The molecule has 3 heteroatoms. The summed E-state index contributed by atoms with van der Waals surface area (Å²) >= 11 is 0. The predicted molar refractivity (Wildman–Crippen MR) is 79.3 cm³/mol. The highest BCUT2D eigenvalue weighted by molar-refractivity contribution is 6.10. The zero-order chi connectivity index (χ0) is 14.1. The van der Waals surface area contributed by atoms with Gasteiger partial charge in [-0.25, -0.2) is 0 Å². The van der Waals surface area contributed by atoms with Gasteiger partial charge in [0.1, 0.15) is 5.75 Å². The van der Waals surface area contributed by atoms with E-state index in [9.17, 15) is 4.79 Å². The summed E-state index contributed by atoms with van der Waals surface area (Å²) in [6.07, 6.45) is 1.97. The third-order valence-electron chi connectivity index (χ3n) is 3.79. The Kier molecular flexibility index (Phi) is 3.18. The van der Waals surface area contributed by atoms with Crippen LogP contribution in [0.4, 0.5) is 5.69 Å². The lowest BCUT2D eigenvalue weighted by Gasteiger charge is -2.17. The number of hydrogen-bond donors (Lipinski definition) is 1. The Balaban J connectivity index is 2.00. The molecule has 0 bridgehead atoms. The number of carbonyl (C=O) groups is 1. The van der Waals surface area contributed by atoms with Crippen molar-refractivity contribution >= 4 is 11.5 Å². The molecule has 0 fully saturated rings. The largest absolute Gasteiger partial charge is 0.493 e. The van der Waals surface area contributed by atoms with Crippen LogP contribution in [0.3, 0.4) is 0 Å². The second-order valence-electron chi connectivity index (χ2n) is 5.12. The molecule has 2 aromatic rings. The van der Waals surface area contributed by atoms with Crippen molar-refractivity contribution in [1.29, 1.82) is 0 Å². The van der Waals surface area contributed by atoms with Crippen molar-refractivity contribution < 1.29 is 9.53 Å². The molecule has 0 atom stereocenters. The zero-order valence-electron chi connectivity index (χ0n) is 11.5. The molecular weight excluding hydrogens is 250 g/mol. The van der Waals surface area contributed by atoms with Crippen molar-refractivity contribution in [2.45, 2.75) is 19.8 Å². The molecule has 0 saturated carbocycles. The number of ketones is 1. The van der Waals surface area contributed by atoms with Crippen molar-refractivity contribution in [2.24, 2.45) is 0 Å². The van der Waals surface area contributed by atoms with E-state index in [4.69, 9.17) is 10.5 Å². The minimum Gasteiger partial charge on any atom is -0.493 e. The molecule has 0 radical (unpaired) electrons. The summed E-state index contributed by atoms with van der Waals surface area (Å²) in [6.45, 7) is 2.64. The monoisotopic (exact) mass is 267 g/mol. The van der Waals surface area contributed by atoms with Crippen LogP contribution >= 0.6 is 0 Å². The Labute approximate surface area is 118 Å². The highest BCUT2D eigenvalue weighted by Gasteiger charge is 2.16. The maximum absolute atomic E-state index is 12.6. The first-order chi connectivity index (χ1) is 9.66. The van der Waals surface area contributed by atoms with Crippen LogP contribution < -0.4 is 10.5 Å². The number of carbonyl (C=O) groups excluding carboxylic acids is 1. The van der Waals surface area contributed by atoms with Crippen molar-refractivity contribution in [2.75, 3.05) is 12.3 Å². The summed E-state index contributed by atoms with van der Waals surface area (Å²) in [5, 5.41) is 0. The highest BCUT2D eigenvalue weighted by Crippen LogP contribution is 2.27. The third-order valence-corrected chi connectivity index (χ3v) is 3.79. The Morgan fingerprint density at radius 3 is 2.95 bits per heavy atom. The van der Waals surface area contributed by atoms with Crippen LogP contribution in [0.5, 0.6) is 5.75 Å². The fourth-order valence-electron chi connectivity index (χ4n) is 2.56. The van der Waals surface area contributed by atoms with E-state index < -0.39 is 0 Å². The topological polar surface area (TPSA) is 52.3 Å². The van der Waals surface area contributed by atoms with Gasteiger partial charge in [-0.05, 0) is 55.2 Å². The summed E-state index contributed by atoms with van der Waals surface area (Å²) in [5.41, 5.74) is 9.84. The molecule has 0 aromatic heterocycles. The van der Waals surface area contributed by atoms with Gasteiger partial charge in [0.2, 0.25) is 0 Å². The molecule has 102 valence electrons. The highest BCUT2D eigenvalue weighted by atomic mass is 16.5. The lowest BCUT2D eigenvalue weighted by molar-refractivity contribution is 0.103. The smallest absolute Gasteiger partial charge is 0.193 e. The first-order valence-corrected chi connectivity index (χ1v) is 6.82. The Hall–Kier alpha value is -2.29. The Bertz CT molecular complexity index is 677. The molecule has 0 aliphatic carbocycles. The summed E-state index contributed by atoms with van der Waals surface area (Å²) in [4.78, 5) is 12.6. The molecular formula is C17H17NO2. The van der Waals surface area contributed by atoms with Crippen LogP contribution in [0.15, 0.2) is 36.4 Å². The number of nitrogen functional groups attached to an aromatic ring is 1. The maximum atomic E-state index is 12.6. The number of ether oxygens (including phenoxy) is 1. The molecule has 1 aliphatic rings. The summed E-state index contributed by atoms with van der Waals surface area (Å²) < 4.78 is 5.58. The van der Waals surface area contributed by atoms with Gasteiger partial charge in [0, 0.05) is 16.8 Å². The zero-order valence-corrected chi connectivity index (χ0v) is 11.5. The second-order valence-corrected chi connectivity index (χ2v) is 5.12. The average Bonchev–Trinajstić information content (AvgIpc) is 2.49. The molecule has 1 aliphatic heterocycles. The van der Waals surface area contributed by atoms with E-state index in [1.165, 1.54) is 0 Å². The van der Waals surface area contributed by atoms with Crippen LogP contribution in [0.25, 0.3) is 0 Å². The molecule has 0 saturated heterocycles. The lowest BCUT2D eigenvalue weighted by atomic mass is 9.95. The quantitative estimate of drug-likeness (QED) is 0.672. The molecule has 20 heavy (non-hydrogen) atoms. The van der Waals surface area contributed by atoms with Crippen LogP contribution in [0.1, 0.15) is 33.5 Å². The molecule has 1 heterocycles. The number of nitrogens with two attached hydrogens (primary N) is 1. The third kappa shape index (κ3) is 2.16. The number of aryl methyl sites for hydroxylation is 1. The van der Waals surface area contributed by atoms with Gasteiger partial charge >= 0.3 is 0 Å². The molecule has 2 aromatic carbocycles. The van der Waals surface area contributed by atoms with Crippen LogP contribution in [-0.2, 0) is 6.42 Å². The fraction of sp³-hybridized carbons (Fsp3) is 0.235. The van der Waals surface area contributed by atoms with E-state index in [2.05, 4.69) is 0 Å². The van der Waals surface area contributed by atoms with E-state index in [-0.39, 0.29) is 5.78 Å². The Morgan fingerprint density at radius 2 is 2.10 bits per heavy atom. The molecule has 3 rings (SSSR count). The van der Waals surface area contributed by atoms with Gasteiger partial charge in [-0.2, -0.15) is 0 Å². The van der Waals surface area contributed by atoms with Gasteiger partial charge in [0.15, 0.2) is 5.78 Å². The summed E-state index contributed by atoms with van der Waals surface area (Å²) in [7, 11) is 0. The van der Waals surface area contributed by atoms with E-state index in [0.29, 0.717) is 16.8 Å². The SMILES string of the molecule is Cc1c(N)cccc1C(=O)c1ccc2c(c1)CCCO2. The van der Waals surface area contributed by atoms with Crippen LogP contribution in [0, 0.1) is 6.92 Å². The number of hydrogen-bond acceptors (Lipinski definition) is 3. The predicted octanol–water partition coefficient (Wildman–Crippen LogP) is 3.13. The van der Waals surface area contributed by atoms with E-state index in [1.54, 1.807) is 0 Å². The number of rotatable bonds is 2. The number of anilines is 1. The first kappa shape index (κ1) is 12.7. The summed E-state index contributed by atoms with van der Waals surface area (Å²) in [6, 6.07) is 11.1. The lowest BCUT2D eigenvalue weighted by Crippen LogP contribution is -2.11. The van der Waals surface area contributed by atoms with Crippen LogP contribution in [-0.4, -0.2) is 12.4 Å². The number of fused-ring (bicyclic) bond motifs is 1. The molecule has 2 N–H and O–H groups in total. The van der Waals surface area contributed by atoms with Gasteiger partial charge in [-0.1, -0.05) is 12.1 Å². The van der Waals surface area contributed by atoms with Crippen molar-refractivity contribution in [1.82, 2.24) is 0 Å². The minimum atomic E-state index is 0.0168. The van der Waals surface area contributed by atoms with Crippen LogP contribution in [0.2, 0.25) is 0 Å². The number of benzene rings is 2. The maximum Gasteiger partial charge on any atom is 0.193 e. The molecule has 0 amide bonds. The molecule has 0 unspecified atom stereocenters. The Morgan fingerprint density at radius 1 is 1.25 bits per heavy atom. The van der Waals surface area contributed by atoms with E-state index in [1.807, 2.05) is 43.3 Å². The van der Waals surface area contributed by atoms with Gasteiger partial charge in [-0.3, -0.25) is 4.79 Å². The normalized spacial score (nSPS) is 13.4. The molecule has 0 spiro atoms. The van der Waals surface area contributed by atoms with Gasteiger partial charge in [-0.15, -0.1) is 0 Å². The molecule has 3 nitrogen and oxygen atoms in total. The van der Waals surface area contributed by atoms with Crippen molar-refractivity contribution in [3.63, 3.8) is 0 Å². The van der Waals surface area contributed by atoms with E-state index >= 15 is 0 Å². The van der Waals surface area contributed by atoms with Gasteiger partial charge in [0.05, 0.1) is 6.61 Å². The van der Waals surface area contributed by atoms with Crippen molar-refractivity contribution in [3.05, 3.63) is 58.7 Å². The van der Waals surface area contributed by atoms with Crippen molar-refractivity contribution in [3.8, 4) is 5.75 Å². The fourth-order valence-corrected chi connectivity index (χ4v) is 2.56. The van der Waals surface area contributed by atoms with E-state index in [0.717, 1.165) is 36.3 Å².